The first-order valence-corrected chi connectivity index (χ1v) is 5.32. The van der Waals surface area contributed by atoms with Crippen LogP contribution in [0.15, 0.2) is 0 Å². The van der Waals surface area contributed by atoms with E-state index in [1.807, 2.05) is 7.05 Å². The third-order valence-corrected chi connectivity index (χ3v) is 2.44. The van der Waals surface area contributed by atoms with Crippen molar-refractivity contribution in [2.45, 2.75) is 19.3 Å². The Labute approximate surface area is 85.4 Å². The largest absolute Gasteiger partial charge is 0.381 e. The average molecular weight is 200 g/mol. The van der Waals surface area contributed by atoms with E-state index < -0.39 is 0 Å². The Morgan fingerprint density at radius 3 is 3.07 bits per heavy atom. The minimum atomic E-state index is 0.159. The first kappa shape index (κ1) is 11.5. The topological polar surface area (TPSA) is 50.4 Å². The molecular weight excluding hydrogens is 180 g/mol. The van der Waals surface area contributed by atoms with Crippen LogP contribution in [0.2, 0.25) is 0 Å². The summed E-state index contributed by atoms with van der Waals surface area (Å²) < 4.78 is 5.23. The highest BCUT2D eigenvalue weighted by atomic mass is 16.5. The summed E-state index contributed by atoms with van der Waals surface area (Å²) in [5.74, 6) is 0.690. The van der Waals surface area contributed by atoms with Gasteiger partial charge in [-0.05, 0) is 26.4 Å². The predicted molar refractivity (Wildman–Crippen MR) is 55.1 cm³/mol. The lowest BCUT2D eigenvalue weighted by Crippen LogP contribution is -2.29. The van der Waals surface area contributed by atoms with Gasteiger partial charge in [-0.15, -0.1) is 0 Å². The average Bonchev–Trinajstić information content (AvgIpc) is 2.68. The van der Waals surface area contributed by atoms with Crippen LogP contribution >= 0.6 is 0 Å². The smallest absolute Gasteiger partial charge is 0.220 e. The second-order valence-corrected chi connectivity index (χ2v) is 3.74. The first-order valence-electron chi connectivity index (χ1n) is 5.32. The van der Waals surface area contributed by atoms with Gasteiger partial charge in [-0.3, -0.25) is 4.79 Å². The Morgan fingerprint density at radius 1 is 1.57 bits per heavy atom. The van der Waals surface area contributed by atoms with Gasteiger partial charge >= 0.3 is 0 Å². The van der Waals surface area contributed by atoms with Crippen molar-refractivity contribution in [2.75, 3.05) is 33.4 Å². The molecule has 0 radical (unpaired) electrons. The molecule has 0 aliphatic carbocycles. The van der Waals surface area contributed by atoms with E-state index >= 15 is 0 Å². The van der Waals surface area contributed by atoms with Gasteiger partial charge < -0.3 is 15.4 Å². The Morgan fingerprint density at radius 2 is 2.43 bits per heavy atom. The van der Waals surface area contributed by atoms with E-state index in [0.717, 1.165) is 39.1 Å². The van der Waals surface area contributed by atoms with Gasteiger partial charge in [-0.25, -0.2) is 0 Å². The minimum Gasteiger partial charge on any atom is -0.381 e. The van der Waals surface area contributed by atoms with Gasteiger partial charge in [-0.1, -0.05) is 0 Å². The number of nitrogens with one attached hydrogen (secondary N) is 2. The van der Waals surface area contributed by atoms with Crippen LogP contribution in [0.5, 0.6) is 0 Å². The highest BCUT2D eigenvalue weighted by Gasteiger charge is 2.15. The summed E-state index contributed by atoms with van der Waals surface area (Å²) in [5, 5.41) is 5.96. The Balaban J connectivity index is 1.96. The molecule has 1 heterocycles. The van der Waals surface area contributed by atoms with Gasteiger partial charge in [0.15, 0.2) is 0 Å². The fourth-order valence-corrected chi connectivity index (χ4v) is 1.52. The Kier molecular flexibility index (Phi) is 5.56. The van der Waals surface area contributed by atoms with E-state index in [1.165, 1.54) is 0 Å². The lowest BCUT2D eigenvalue weighted by Gasteiger charge is -2.09. The molecule has 0 spiro atoms. The van der Waals surface area contributed by atoms with E-state index in [2.05, 4.69) is 10.6 Å². The number of hydrogen-bond acceptors (Lipinski definition) is 3. The van der Waals surface area contributed by atoms with Crippen LogP contribution in [0.3, 0.4) is 0 Å². The van der Waals surface area contributed by atoms with Crippen molar-refractivity contribution in [3.05, 3.63) is 0 Å². The lowest BCUT2D eigenvalue weighted by molar-refractivity contribution is -0.121. The molecule has 0 aromatic carbocycles. The molecule has 1 amide bonds. The second kappa shape index (κ2) is 6.79. The van der Waals surface area contributed by atoms with E-state index in [9.17, 15) is 4.79 Å². The van der Waals surface area contributed by atoms with Crippen molar-refractivity contribution < 1.29 is 9.53 Å². The maximum Gasteiger partial charge on any atom is 0.220 e. The molecule has 0 bridgehead atoms. The summed E-state index contributed by atoms with van der Waals surface area (Å²) in [6.07, 6.45) is 2.61. The fraction of sp³-hybridized carbons (Fsp3) is 0.900. The molecule has 0 aromatic rings. The third kappa shape index (κ3) is 4.58. The van der Waals surface area contributed by atoms with Crippen molar-refractivity contribution in [2.24, 2.45) is 5.92 Å². The van der Waals surface area contributed by atoms with E-state index in [4.69, 9.17) is 4.74 Å². The van der Waals surface area contributed by atoms with Gasteiger partial charge in [0.2, 0.25) is 5.91 Å². The molecule has 0 saturated carbocycles. The summed E-state index contributed by atoms with van der Waals surface area (Å²) in [6, 6.07) is 0. The molecule has 4 nitrogen and oxygen atoms in total. The lowest BCUT2D eigenvalue weighted by atomic mass is 10.1. The van der Waals surface area contributed by atoms with Crippen LogP contribution in [0.25, 0.3) is 0 Å². The van der Waals surface area contributed by atoms with Crippen molar-refractivity contribution in [3.8, 4) is 0 Å². The Hall–Kier alpha value is -0.610. The quantitative estimate of drug-likeness (QED) is 0.600. The van der Waals surface area contributed by atoms with Crippen LogP contribution in [0.1, 0.15) is 19.3 Å². The molecule has 4 heteroatoms. The zero-order chi connectivity index (χ0) is 10.2. The zero-order valence-corrected chi connectivity index (χ0v) is 8.84. The molecule has 82 valence electrons. The normalized spacial score (nSPS) is 21.1. The highest BCUT2D eigenvalue weighted by molar-refractivity contribution is 5.75. The molecule has 1 rings (SSSR count). The van der Waals surface area contributed by atoms with Crippen LogP contribution in [0, 0.1) is 5.92 Å². The molecule has 0 aromatic heterocycles. The fourth-order valence-electron chi connectivity index (χ4n) is 1.52. The molecule has 2 N–H and O–H groups in total. The summed E-state index contributed by atoms with van der Waals surface area (Å²) in [6.45, 7) is 3.33. The van der Waals surface area contributed by atoms with Crippen LogP contribution in [-0.4, -0.2) is 39.3 Å². The number of carbonyl (C=O) groups excluding carboxylic acids is 1. The molecule has 1 aliphatic rings. The van der Waals surface area contributed by atoms with Gasteiger partial charge in [0.25, 0.3) is 0 Å². The number of carbonyl (C=O) groups is 1. The standard InChI is InChI=1S/C10H20N2O2/c1-11-5-2-3-10(13)12-7-9-4-6-14-8-9/h9,11H,2-8H2,1H3,(H,12,13). The summed E-state index contributed by atoms with van der Waals surface area (Å²) in [5.41, 5.74) is 0. The Bertz CT molecular complexity index is 168. The van der Waals surface area contributed by atoms with Crippen molar-refractivity contribution in [3.63, 3.8) is 0 Å². The molecule has 1 unspecified atom stereocenters. The summed E-state index contributed by atoms with van der Waals surface area (Å²) in [4.78, 5) is 11.3. The van der Waals surface area contributed by atoms with Gasteiger partial charge in [-0.2, -0.15) is 0 Å². The van der Waals surface area contributed by atoms with Gasteiger partial charge in [0.1, 0.15) is 0 Å². The molecule has 1 atom stereocenters. The maximum absolute atomic E-state index is 11.3. The summed E-state index contributed by atoms with van der Waals surface area (Å²) >= 11 is 0. The van der Waals surface area contributed by atoms with Crippen LogP contribution < -0.4 is 10.6 Å². The number of amides is 1. The van der Waals surface area contributed by atoms with Crippen LogP contribution in [0.4, 0.5) is 0 Å². The first-order chi connectivity index (χ1) is 6.83. The number of hydrogen-bond donors (Lipinski definition) is 2. The molecule has 14 heavy (non-hydrogen) atoms. The summed E-state index contributed by atoms with van der Waals surface area (Å²) in [7, 11) is 1.90. The van der Waals surface area contributed by atoms with Gasteiger partial charge in [0.05, 0.1) is 6.61 Å². The molecular formula is C10H20N2O2. The SMILES string of the molecule is CNCCCC(=O)NCC1CCOC1. The van der Waals surface area contributed by atoms with Gasteiger partial charge in [0, 0.05) is 25.5 Å². The maximum atomic E-state index is 11.3. The number of ether oxygens (including phenoxy) is 1. The highest BCUT2D eigenvalue weighted by Crippen LogP contribution is 2.10. The van der Waals surface area contributed by atoms with E-state index in [0.29, 0.717) is 12.3 Å². The molecule has 1 saturated heterocycles. The minimum absolute atomic E-state index is 0.159. The second-order valence-electron chi connectivity index (χ2n) is 3.74. The van der Waals surface area contributed by atoms with E-state index in [-0.39, 0.29) is 5.91 Å². The van der Waals surface area contributed by atoms with Crippen LogP contribution in [-0.2, 0) is 9.53 Å². The third-order valence-electron chi connectivity index (χ3n) is 2.44. The van der Waals surface area contributed by atoms with Crippen molar-refractivity contribution in [1.82, 2.24) is 10.6 Å². The monoisotopic (exact) mass is 200 g/mol. The molecule has 1 fully saturated rings. The molecule has 1 aliphatic heterocycles. The van der Waals surface area contributed by atoms with E-state index in [1.54, 1.807) is 0 Å². The predicted octanol–water partition coefficient (Wildman–Crippen LogP) is 0.139. The van der Waals surface area contributed by atoms with Crippen molar-refractivity contribution in [1.29, 1.82) is 0 Å². The zero-order valence-electron chi connectivity index (χ0n) is 8.84. The number of rotatable bonds is 6. The van der Waals surface area contributed by atoms with Crippen molar-refractivity contribution >= 4 is 5.91 Å².